The zero-order valence-corrected chi connectivity index (χ0v) is 14.7. The van der Waals surface area contributed by atoms with Gasteiger partial charge in [-0.25, -0.2) is 4.39 Å². The summed E-state index contributed by atoms with van der Waals surface area (Å²) in [4.78, 5) is 15.2. The number of pyridine rings is 1. The Bertz CT molecular complexity index is 974. The molecule has 27 heavy (non-hydrogen) atoms. The van der Waals surface area contributed by atoms with Crippen molar-refractivity contribution in [3.63, 3.8) is 0 Å². The van der Waals surface area contributed by atoms with E-state index in [1.807, 2.05) is 24.3 Å². The standard InChI is InChI=1S/C22H19FN2O2/c23-20-4-2-1-3-18(20)15-5-6-19-16(8-10-27-22(19)11-15)12-25-21-13-24-9-7-17(21)14-26/h1-7,9,11,13-14,16,25H,8,10,12H2. The lowest BCUT2D eigenvalue weighted by atomic mass is 9.91. The summed E-state index contributed by atoms with van der Waals surface area (Å²) >= 11 is 0. The van der Waals surface area contributed by atoms with E-state index >= 15 is 0 Å². The number of carbonyl (C=O) groups excluding carboxylic acids is 1. The molecule has 5 heteroatoms. The van der Waals surface area contributed by atoms with Gasteiger partial charge >= 0.3 is 0 Å². The lowest BCUT2D eigenvalue weighted by Crippen LogP contribution is -2.21. The van der Waals surface area contributed by atoms with E-state index in [9.17, 15) is 9.18 Å². The summed E-state index contributed by atoms with van der Waals surface area (Å²) in [5.74, 6) is 0.781. The fourth-order valence-corrected chi connectivity index (χ4v) is 3.43. The van der Waals surface area contributed by atoms with Gasteiger partial charge in [0.25, 0.3) is 0 Å². The van der Waals surface area contributed by atoms with Crippen LogP contribution in [0.25, 0.3) is 11.1 Å². The Hall–Kier alpha value is -3.21. The first kappa shape index (κ1) is 17.2. The second-order valence-electron chi connectivity index (χ2n) is 6.53. The van der Waals surface area contributed by atoms with Gasteiger partial charge in [-0.2, -0.15) is 0 Å². The Balaban J connectivity index is 1.57. The molecule has 3 aromatic rings. The molecule has 1 aromatic heterocycles. The van der Waals surface area contributed by atoms with Crippen LogP contribution in [0.2, 0.25) is 0 Å². The maximum absolute atomic E-state index is 14.1. The van der Waals surface area contributed by atoms with E-state index in [1.165, 1.54) is 6.07 Å². The maximum Gasteiger partial charge on any atom is 0.152 e. The zero-order chi connectivity index (χ0) is 18.6. The lowest BCUT2D eigenvalue weighted by Gasteiger charge is -2.27. The zero-order valence-electron chi connectivity index (χ0n) is 14.7. The van der Waals surface area contributed by atoms with Crippen molar-refractivity contribution in [3.05, 3.63) is 77.9 Å². The predicted octanol–water partition coefficient (Wildman–Crippen LogP) is 4.68. The average molecular weight is 362 g/mol. The molecule has 1 atom stereocenters. The topological polar surface area (TPSA) is 51.2 Å². The van der Waals surface area contributed by atoms with Gasteiger partial charge in [-0.1, -0.05) is 30.3 Å². The van der Waals surface area contributed by atoms with Crippen molar-refractivity contribution in [3.8, 4) is 16.9 Å². The van der Waals surface area contributed by atoms with Crippen LogP contribution in [0.4, 0.5) is 10.1 Å². The molecule has 2 aromatic carbocycles. The Morgan fingerprint density at radius 2 is 2.11 bits per heavy atom. The predicted molar refractivity (Wildman–Crippen MR) is 103 cm³/mol. The summed E-state index contributed by atoms with van der Waals surface area (Å²) in [6, 6.07) is 14.3. The van der Waals surface area contributed by atoms with Gasteiger partial charge < -0.3 is 10.1 Å². The Kier molecular flexibility index (Phi) is 4.83. The molecule has 1 aliphatic rings. The summed E-state index contributed by atoms with van der Waals surface area (Å²) in [5, 5.41) is 3.32. The van der Waals surface area contributed by atoms with Crippen LogP contribution < -0.4 is 10.1 Å². The van der Waals surface area contributed by atoms with Crippen molar-refractivity contribution in [1.82, 2.24) is 4.98 Å². The fraction of sp³-hybridized carbons (Fsp3) is 0.182. The minimum absolute atomic E-state index is 0.239. The maximum atomic E-state index is 14.1. The van der Waals surface area contributed by atoms with Crippen molar-refractivity contribution < 1.29 is 13.9 Å². The third kappa shape index (κ3) is 3.53. The monoisotopic (exact) mass is 362 g/mol. The highest BCUT2D eigenvalue weighted by molar-refractivity contribution is 5.83. The summed E-state index contributed by atoms with van der Waals surface area (Å²) in [6.45, 7) is 1.27. The largest absolute Gasteiger partial charge is 0.493 e. The number of benzene rings is 2. The van der Waals surface area contributed by atoms with E-state index in [1.54, 1.807) is 30.6 Å². The van der Waals surface area contributed by atoms with Crippen LogP contribution in [-0.2, 0) is 0 Å². The summed E-state index contributed by atoms with van der Waals surface area (Å²) < 4.78 is 19.9. The van der Waals surface area contributed by atoms with E-state index in [-0.39, 0.29) is 11.7 Å². The first-order valence-corrected chi connectivity index (χ1v) is 8.91. The number of hydrogen-bond donors (Lipinski definition) is 1. The molecular weight excluding hydrogens is 343 g/mol. The van der Waals surface area contributed by atoms with Gasteiger partial charge in [-0.15, -0.1) is 0 Å². The van der Waals surface area contributed by atoms with Crippen molar-refractivity contribution in [2.75, 3.05) is 18.5 Å². The molecule has 0 bridgehead atoms. The molecule has 0 saturated heterocycles. The number of anilines is 1. The minimum atomic E-state index is -0.246. The number of rotatable bonds is 5. The van der Waals surface area contributed by atoms with Crippen molar-refractivity contribution in [2.45, 2.75) is 12.3 Å². The highest BCUT2D eigenvalue weighted by atomic mass is 19.1. The number of halogens is 1. The first-order chi connectivity index (χ1) is 13.3. The highest BCUT2D eigenvalue weighted by Gasteiger charge is 2.22. The van der Waals surface area contributed by atoms with Gasteiger partial charge in [0.2, 0.25) is 0 Å². The molecule has 0 aliphatic carbocycles. The molecule has 4 rings (SSSR count). The van der Waals surface area contributed by atoms with E-state index in [4.69, 9.17) is 4.74 Å². The third-order valence-corrected chi connectivity index (χ3v) is 4.88. The van der Waals surface area contributed by atoms with E-state index < -0.39 is 0 Å². The third-order valence-electron chi connectivity index (χ3n) is 4.88. The molecule has 0 saturated carbocycles. The van der Waals surface area contributed by atoms with Crippen LogP contribution >= 0.6 is 0 Å². The van der Waals surface area contributed by atoms with Gasteiger partial charge in [0.1, 0.15) is 11.6 Å². The number of nitrogens with zero attached hydrogens (tertiary/aromatic N) is 1. The summed E-state index contributed by atoms with van der Waals surface area (Å²) in [6.07, 6.45) is 4.95. The van der Waals surface area contributed by atoms with Crippen molar-refractivity contribution >= 4 is 12.0 Å². The Morgan fingerprint density at radius 3 is 2.96 bits per heavy atom. The van der Waals surface area contributed by atoms with Crippen LogP contribution in [0.15, 0.2) is 60.9 Å². The first-order valence-electron chi connectivity index (χ1n) is 8.91. The smallest absolute Gasteiger partial charge is 0.152 e. The molecule has 1 aliphatic heterocycles. The Labute approximate surface area is 157 Å². The number of hydrogen-bond acceptors (Lipinski definition) is 4. The second kappa shape index (κ2) is 7.58. The normalized spacial score (nSPS) is 15.5. The van der Waals surface area contributed by atoms with Crippen LogP contribution in [0, 0.1) is 5.82 Å². The molecule has 0 spiro atoms. The minimum Gasteiger partial charge on any atom is -0.493 e. The molecule has 0 amide bonds. The van der Waals surface area contributed by atoms with Gasteiger partial charge in [-0.05, 0) is 35.7 Å². The number of aromatic nitrogens is 1. The van der Waals surface area contributed by atoms with E-state index in [0.29, 0.717) is 24.3 Å². The van der Waals surface area contributed by atoms with Gasteiger partial charge in [0.05, 0.1) is 18.5 Å². The molecule has 1 unspecified atom stereocenters. The van der Waals surface area contributed by atoms with Crippen molar-refractivity contribution in [1.29, 1.82) is 0 Å². The number of carbonyl (C=O) groups is 1. The quantitative estimate of drug-likeness (QED) is 0.670. The molecule has 0 fully saturated rings. The van der Waals surface area contributed by atoms with Gasteiger partial charge in [0.15, 0.2) is 6.29 Å². The number of fused-ring (bicyclic) bond motifs is 1. The molecular formula is C22H19FN2O2. The molecule has 2 heterocycles. The molecule has 1 N–H and O–H groups in total. The molecule has 4 nitrogen and oxygen atoms in total. The van der Waals surface area contributed by atoms with Crippen LogP contribution in [0.3, 0.4) is 0 Å². The highest BCUT2D eigenvalue weighted by Crippen LogP contribution is 2.37. The van der Waals surface area contributed by atoms with Gasteiger partial charge in [-0.3, -0.25) is 9.78 Å². The number of nitrogens with one attached hydrogen (secondary N) is 1. The summed E-state index contributed by atoms with van der Waals surface area (Å²) in [7, 11) is 0. The Morgan fingerprint density at radius 1 is 1.22 bits per heavy atom. The van der Waals surface area contributed by atoms with E-state index in [2.05, 4.69) is 10.3 Å². The summed E-state index contributed by atoms with van der Waals surface area (Å²) in [5.41, 5.74) is 3.77. The molecule has 136 valence electrons. The number of aldehydes is 1. The van der Waals surface area contributed by atoms with Crippen LogP contribution in [-0.4, -0.2) is 24.4 Å². The number of ether oxygens (including phenoxy) is 1. The van der Waals surface area contributed by atoms with Crippen molar-refractivity contribution in [2.24, 2.45) is 0 Å². The average Bonchev–Trinajstić information content (AvgIpc) is 2.72. The fourth-order valence-electron chi connectivity index (χ4n) is 3.43. The molecule has 0 radical (unpaired) electrons. The second-order valence-corrected chi connectivity index (χ2v) is 6.53. The van der Waals surface area contributed by atoms with Crippen LogP contribution in [0.1, 0.15) is 28.3 Å². The SMILES string of the molecule is O=Cc1ccncc1NCC1CCOc2cc(-c3ccccc3F)ccc21. The lowest BCUT2D eigenvalue weighted by molar-refractivity contribution is 0.112. The van der Waals surface area contributed by atoms with Crippen LogP contribution in [0.5, 0.6) is 5.75 Å². The van der Waals surface area contributed by atoms with Gasteiger partial charge in [0, 0.05) is 29.8 Å². The van der Waals surface area contributed by atoms with E-state index in [0.717, 1.165) is 35.3 Å².